The normalized spacial score (nSPS) is 11.1. The minimum absolute atomic E-state index is 0.117. The molecular formula is C10H7ClN2OP+. The van der Waals surface area contributed by atoms with Crippen LogP contribution in [0.4, 0.5) is 0 Å². The van der Waals surface area contributed by atoms with Crippen LogP contribution in [-0.4, -0.2) is 9.97 Å². The molecule has 0 saturated heterocycles. The molecule has 0 fully saturated rings. The smallest absolute Gasteiger partial charge is 0.226 e. The maximum atomic E-state index is 12.0. The number of hydrogen-bond acceptors (Lipinski definition) is 3. The summed E-state index contributed by atoms with van der Waals surface area (Å²) < 4.78 is 12.0. The molecule has 74 valence electrons. The standard InChI is InChI=1S/C10H7ClN2OP/c11-10-12-7-6-9(13-10)15(14)8-4-2-1-3-5-8/h1-7H/q+1. The van der Waals surface area contributed by atoms with Crippen LogP contribution in [0.25, 0.3) is 0 Å². The zero-order valence-electron chi connectivity index (χ0n) is 7.67. The fraction of sp³-hybridized carbons (Fsp3) is 0. The Hall–Kier alpha value is -1.31. The van der Waals surface area contributed by atoms with E-state index in [-0.39, 0.29) is 5.28 Å². The highest BCUT2D eigenvalue weighted by Gasteiger charge is 2.25. The van der Waals surface area contributed by atoms with E-state index < -0.39 is 7.80 Å². The molecule has 0 radical (unpaired) electrons. The van der Waals surface area contributed by atoms with Crippen LogP contribution in [0.15, 0.2) is 42.6 Å². The first-order chi connectivity index (χ1) is 7.27. The van der Waals surface area contributed by atoms with Crippen LogP contribution >= 0.6 is 19.4 Å². The van der Waals surface area contributed by atoms with Crippen LogP contribution in [0.5, 0.6) is 0 Å². The SMILES string of the molecule is O=[P+](c1ccccc1)c1ccnc(Cl)n1. The van der Waals surface area contributed by atoms with Gasteiger partial charge in [-0.1, -0.05) is 22.8 Å². The monoisotopic (exact) mass is 237 g/mol. The van der Waals surface area contributed by atoms with E-state index in [4.69, 9.17) is 11.6 Å². The highest BCUT2D eigenvalue weighted by Crippen LogP contribution is 2.17. The fourth-order valence-corrected chi connectivity index (χ4v) is 2.44. The van der Waals surface area contributed by atoms with Crippen molar-refractivity contribution in [2.45, 2.75) is 0 Å². The Balaban J connectivity index is 2.37. The molecule has 0 amide bonds. The zero-order chi connectivity index (χ0) is 10.7. The second-order valence-corrected chi connectivity index (χ2v) is 4.72. The first kappa shape index (κ1) is 10.2. The third kappa shape index (κ3) is 2.38. The van der Waals surface area contributed by atoms with Gasteiger partial charge in [0.05, 0.1) is 0 Å². The van der Waals surface area contributed by atoms with Crippen molar-refractivity contribution in [3.8, 4) is 0 Å². The predicted octanol–water partition coefficient (Wildman–Crippen LogP) is 1.91. The van der Waals surface area contributed by atoms with Gasteiger partial charge < -0.3 is 0 Å². The van der Waals surface area contributed by atoms with Crippen molar-refractivity contribution in [1.82, 2.24) is 9.97 Å². The van der Waals surface area contributed by atoms with E-state index in [0.717, 1.165) is 5.30 Å². The average molecular weight is 238 g/mol. The number of aromatic nitrogens is 2. The Morgan fingerprint density at radius 3 is 2.53 bits per heavy atom. The van der Waals surface area contributed by atoms with E-state index in [9.17, 15) is 4.57 Å². The molecular weight excluding hydrogens is 231 g/mol. The summed E-state index contributed by atoms with van der Waals surface area (Å²) in [5, 5.41) is 0.856. The van der Waals surface area contributed by atoms with Crippen LogP contribution in [0.2, 0.25) is 5.28 Å². The van der Waals surface area contributed by atoms with Crippen molar-refractivity contribution in [2.24, 2.45) is 0 Å². The minimum atomic E-state index is -1.67. The van der Waals surface area contributed by atoms with E-state index >= 15 is 0 Å². The first-order valence-electron chi connectivity index (χ1n) is 4.28. The van der Waals surface area contributed by atoms with Crippen molar-refractivity contribution < 1.29 is 4.57 Å². The Kier molecular flexibility index (Phi) is 3.05. The van der Waals surface area contributed by atoms with Crippen LogP contribution in [0.1, 0.15) is 0 Å². The lowest BCUT2D eigenvalue weighted by Gasteiger charge is -1.88. The van der Waals surface area contributed by atoms with Gasteiger partial charge in [-0.15, -0.1) is 0 Å². The van der Waals surface area contributed by atoms with Gasteiger partial charge in [-0.3, -0.25) is 0 Å². The molecule has 1 aromatic carbocycles. The average Bonchev–Trinajstić information content (AvgIpc) is 2.29. The largest absolute Gasteiger partial charge is 0.435 e. The topological polar surface area (TPSA) is 42.9 Å². The van der Waals surface area contributed by atoms with Gasteiger partial charge in [-0.05, 0) is 23.7 Å². The summed E-state index contributed by atoms with van der Waals surface area (Å²) in [7, 11) is -1.67. The summed E-state index contributed by atoms with van der Waals surface area (Å²) in [6.45, 7) is 0. The van der Waals surface area contributed by atoms with Gasteiger partial charge in [-0.25, -0.2) is 4.98 Å². The molecule has 1 unspecified atom stereocenters. The van der Waals surface area contributed by atoms with Gasteiger partial charge in [-0.2, -0.15) is 4.98 Å². The van der Waals surface area contributed by atoms with Crippen molar-refractivity contribution in [3.05, 3.63) is 47.9 Å². The van der Waals surface area contributed by atoms with E-state index in [0.29, 0.717) is 5.44 Å². The molecule has 0 aliphatic rings. The molecule has 0 bridgehead atoms. The summed E-state index contributed by atoms with van der Waals surface area (Å²) in [6.07, 6.45) is 1.50. The molecule has 0 aliphatic carbocycles. The second-order valence-electron chi connectivity index (χ2n) is 2.81. The van der Waals surface area contributed by atoms with Crippen molar-refractivity contribution in [2.75, 3.05) is 0 Å². The molecule has 1 heterocycles. The Morgan fingerprint density at radius 2 is 1.87 bits per heavy atom. The molecule has 0 N–H and O–H groups in total. The molecule has 2 rings (SSSR count). The molecule has 2 aromatic rings. The minimum Gasteiger partial charge on any atom is -0.226 e. The summed E-state index contributed by atoms with van der Waals surface area (Å²) in [5.74, 6) is 0. The summed E-state index contributed by atoms with van der Waals surface area (Å²) in [4.78, 5) is 7.66. The van der Waals surface area contributed by atoms with Crippen molar-refractivity contribution in [1.29, 1.82) is 0 Å². The van der Waals surface area contributed by atoms with Crippen LogP contribution < -0.4 is 10.7 Å². The lowest BCUT2D eigenvalue weighted by atomic mass is 10.4. The molecule has 5 heteroatoms. The van der Waals surface area contributed by atoms with E-state index in [1.54, 1.807) is 18.2 Å². The third-order valence-electron chi connectivity index (χ3n) is 1.81. The summed E-state index contributed by atoms with van der Waals surface area (Å²) in [5.41, 5.74) is 0.455. The number of nitrogens with zero attached hydrogens (tertiary/aromatic N) is 2. The first-order valence-corrected chi connectivity index (χ1v) is 5.92. The molecule has 0 aliphatic heterocycles. The van der Waals surface area contributed by atoms with Crippen molar-refractivity contribution >= 4 is 30.1 Å². The molecule has 0 saturated carbocycles. The molecule has 0 spiro atoms. The Morgan fingerprint density at radius 1 is 1.13 bits per heavy atom. The lowest BCUT2D eigenvalue weighted by Crippen LogP contribution is -2.10. The Bertz CT molecular complexity index is 490. The lowest BCUT2D eigenvalue weighted by molar-refractivity contribution is 0.597. The quantitative estimate of drug-likeness (QED) is 0.592. The zero-order valence-corrected chi connectivity index (χ0v) is 9.32. The molecule has 3 nitrogen and oxygen atoms in total. The maximum absolute atomic E-state index is 12.0. The summed E-state index contributed by atoms with van der Waals surface area (Å²) in [6, 6.07) is 10.8. The maximum Gasteiger partial charge on any atom is 0.435 e. The van der Waals surface area contributed by atoms with Gasteiger partial charge in [0.25, 0.3) is 5.44 Å². The summed E-state index contributed by atoms with van der Waals surface area (Å²) >= 11 is 5.63. The predicted molar refractivity (Wildman–Crippen MR) is 60.4 cm³/mol. The third-order valence-corrected chi connectivity index (χ3v) is 3.42. The van der Waals surface area contributed by atoms with Gasteiger partial charge in [0.15, 0.2) is 5.30 Å². The van der Waals surface area contributed by atoms with Crippen LogP contribution in [-0.2, 0) is 4.57 Å². The number of rotatable bonds is 2. The number of hydrogen-bond donors (Lipinski definition) is 0. The molecule has 1 aromatic heterocycles. The number of benzene rings is 1. The fourth-order valence-electron chi connectivity index (χ4n) is 1.13. The van der Waals surface area contributed by atoms with Crippen molar-refractivity contribution in [3.63, 3.8) is 0 Å². The Labute approximate surface area is 92.9 Å². The molecule has 1 atom stereocenters. The van der Waals surface area contributed by atoms with Gasteiger partial charge >= 0.3 is 7.80 Å². The van der Waals surface area contributed by atoms with Crippen LogP contribution in [0.3, 0.4) is 0 Å². The van der Waals surface area contributed by atoms with E-state index in [2.05, 4.69) is 9.97 Å². The van der Waals surface area contributed by atoms with Gasteiger partial charge in [0.1, 0.15) is 0 Å². The molecule has 15 heavy (non-hydrogen) atoms. The second kappa shape index (κ2) is 4.47. The van der Waals surface area contributed by atoms with Crippen LogP contribution in [0, 0.1) is 0 Å². The highest BCUT2D eigenvalue weighted by atomic mass is 35.5. The highest BCUT2D eigenvalue weighted by molar-refractivity contribution is 7.61. The van der Waals surface area contributed by atoms with E-state index in [1.165, 1.54) is 6.20 Å². The van der Waals surface area contributed by atoms with E-state index in [1.807, 2.05) is 18.2 Å². The number of halogens is 1. The van der Waals surface area contributed by atoms with Gasteiger partial charge in [0.2, 0.25) is 5.28 Å². The van der Waals surface area contributed by atoms with Gasteiger partial charge in [0, 0.05) is 12.3 Å².